The van der Waals surface area contributed by atoms with Gasteiger partial charge in [-0.25, -0.2) is 0 Å². The Morgan fingerprint density at radius 3 is 2.47 bits per heavy atom. The zero-order valence-corrected chi connectivity index (χ0v) is 11.0. The second-order valence-corrected chi connectivity index (χ2v) is 5.30. The number of carbonyl (C=O) groups is 1. The van der Waals surface area contributed by atoms with Crippen molar-refractivity contribution in [3.05, 3.63) is 35.4 Å². The zero-order chi connectivity index (χ0) is 12.7. The van der Waals surface area contributed by atoms with Gasteiger partial charge in [-0.1, -0.05) is 31.2 Å². The van der Waals surface area contributed by atoms with E-state index < -0.39 is 0 Å². The number of carbonyl (C=O) groups excluding carboxylic acids is 1. The van der Waals surface area contributed by atoms with E-state index >= 15 is 0 Å². The highest BCUT2D eigenvalue weighted by Gasteiger charge is 2.09. The summed E-state index contributed by atoms with van der Waals surface area (Å²) in [5, 5.41) is 9.17. The van der Waals surface area contributed by atoms with Crippen molar-refractivity contribution in [2.75, 3.05) is 7.11 Å². The molecule has 1 aromatic carbocycles. The normalized spacial score (nSPS) is 12.2. The number of rotatable bonds is 6. The van der Waals surface area contributed by atoms with E-state index in [4.69, 9.17) is 5.11 Å². The van der Waals surface area contributed by atoms with E-state index in [-0.39, 0.29) is 17.8 Å². The lowest BCUT2D eigenvalue weighted by molar-refractivity contribution is -0.140. The molecule has 0 fully saturated rings. The van der Waals surface area contributed by atoms with Crippen molar-refractivity contribution in [1.29, 1.82) is 0 Å². The number of hydrogen-bond acceptors (Lipinski definition) is 4. The van der Waals surface area contributed by atoms with Crippen molar-refractivity contribution >= 4 is 17.7 Å². The first-order valence-electron chi connectivity index (χ1n) is 5.52. The third-order valence-electron chi connectivity index (χ3n) is 2.42. The number of hydrogen-bond donors (Lipinski definition) is 1. The minimum Gasteiger partial charge on any atom is -0.469 e. The lowest BCUT2D eigenvalue weighted by atomic mass is 10.2. The van der Waals surface area contributed by atoms with E-state index in [0.717, 1.165) is 11.3 Å². The molecule has 0 aliphatic rings. The van der Waals surface area contributed by atoms with Crippen LogP contribution >= 0.6 is 11.8 Å². The summed E-state index contributed by atoms with van der Waals surface area (Å²) in [4.78, 5) is 11.1. The molecule has 1 rings (SSSR count). The predicted molar refractivity (Wildman–Crippen MR) is 69.8 cm³/mol. The maximum atomic E-state index is 11.1. The minimum atomic E-state index is -0.166. The van der Waals surface area contributed by atoms with Gasteiger partial charge in [-0.15, -0.1) is 0 Å². The van der Waals surface area contributed by atoms with E-state index in [9.17, 15) is 4.79 Å². The Kier molecular flexibility index (Phi) is 6.08. The molecule has 0 amide bonds. The van der Waals surface area contributed by atoms with Gasteiger partial charge in [0.1, 0.15) is 0 Å². The molecule has 4 heteroatoms. The van der Waals surface area contributed by atoms with Gasteiger partial charge in [0.2, 0.25) is 0 Å². The number of aliphatic hydroxyl groups excluding tert-OH is 1. The summed E-state index contributed by atoms with van der Waals surface area (Å²) >= 11 is 1.72. The number of esters is 1. The molecule has 0 bridgehead atoms. The van der Waals surface area contributed by atoms with Crippen LogP contribution in [-0.4, -0.2) is 23.4 Å². The van der Waals surface area contributed by atoms with E-state index in [0.29, 0.717) is 6.42 Å². The molecule has 0 aliphatic carbocycles. The van der Waals surface area contributed by atoms with Crippen molar-refractivity contribution in [2.24, 2.45) is 0 Å². The fourth-order valence-corrected chi connectivity index (χ4v) is 2.28. The molecular weight excluding hydrogens is 236 g/mol. The number of aliphatic hydroxyl groups is 1. The highest BCUT2D eigenvalue weighted by molar-refractivity contribution is 7.99. The van der Waals surface area contributed by atoms with E-state index in [1.54, 1.807) is 11.8 Å². The van der Waals surface area contributed by atoms with Crippen molar-refractivity contribution in [3.8, 4) is 0 Å². The summed E-state index contributed by atoms with van der Waals surface area (Å²) in [7, 11) is 1.41. The average Bonchev–Trinajstić information content (AvgIpc) is 2.36. The van der Waals surface area contributed by atoms with Crippen LogP contribution in [0.5, 0.6) is 0 Å². The fourth-order valence-electron chi connectivity index (χ4n) is 1.36. The molecule has 0 saturated carbocycles. The summed E-state index contributed by atoms with van der Waals surface area (Å²) in [5.74, 6) is 0.699. The van der Waals surface area contributed by atoms with Gasteiger partial charge < -0.3 is 9.84 Å². The fraction of sp³-hybridized carbons (Fsp3) is 0.462. The number of benzene rings is 1. The van der Waals surface area contributed by atoms with Gasteiger partial charge in [-0.3, -0.25) is 4.79 Å². The SMILES string of the molecule is COC(=O)CC(C)SCc1ccc(CO)cc1. The molecule has 0 aliphatic heterocycles. The van der Waals surface area contributed by atoms with E-state index in [1.807, 2.05) is 31.2 Å². The molecule has 94 valence electrons. The molecule has 1 atom stereocenters. The van der Waals surface area contributed by atoms with Crippen LogP contribution in [0.15, 0.2) is 24.3 Å². The van der Waals surface area contributed by atoms with Crippen LogP contribution in [0.1, 0.15) is 24.5 Å². The van der Waals surface area contributed by atoms with Gasteiger partial charge in [0, 0.05) is 11.0 Å². The molecule has 3 nitrogen and oxygen atoms in total. The third-order valence-corrected chi connectivity index (χ3v) is 3.66. The summed E-state index contributed by atoms with van der Waals surface area (Å²) in [6.07, 6.45) is 0.440. The Morgan fingerprint density at radius 2 is 1.94 bits per heavy atom. The van der Waals surface area contributed by atoms with Crippen LogP contribution in [0.25, 0.3) is 0 Å². The largest absolute Gasteiger partial charge is 0.469 e. The lowest BCUT2D eigenvalue weighted by Crippen LogP contribution is -2.08. The summed E-state index contributed by atoms with van der Waals surface area (Å²) in [6.45, 7) is 2.09. The third kappa shape index (κ3) is 5.24. The smallest absolute Gasteiger partial charge is 0.306 e. The first-order chi connectivity index (χ1) is 8.15. The molecule has 0 aromatic heterocycles. The van der Waals surface area contributed by atoms with Crippen molar-refractivity contribution in [1.82, 2.24) is 0 Å². The van der Waals surface area contributed by atoms with Crippen molar-refractivity contribution < 1.29 is 14.6 Å². The maximum absolute atomic E-state index is 11.1. The Hall–Kier alpha value is -1.00. The molecule has 0 radical (unpaired) electrons. The molecule has 0 spiro atoms. The van der Waals surface area contributed by atoms with Crippen LogP contribution in [0.4, 0.5) is 0 Å². The molecular formula is C13H18O3S. The first-order valence-corrected chi connectivity index (χ1v) is 6.57. The monoisotopic (exact) mass is 254 g/mol. The average molecular weight is 254 g/mol. The molecule has 1 aromatic rings. The quantitative estimate of drug-likeness (QED) is 0.792. The van der Waals surface area contributed by atoms with Crippen molar-refractivity contribution in [2.45, 2.75) is 31.0 Å². The Labute approximate surface area is 106 Å². The Morgan fingerprint density at radius 1 is 1.35 bits per heavy atom. The molecule has 0 saturated heterocycles. The summed E-state index contributed by atoms with van der Waals surface area (Å²) in [5.41, 5.74) is 2.12. The second kappa shape index (κ2) is 7.35. The van der Waals surface area contributed by atoms with Crippen molar-refractivity contribution in [3.63, 3.8) is 0 Å². The molecule has 0 heterocycles. The van der Waals surface area contributed by atoms with E-state index in [1.165, 1.54) is 12.7 Å². The number of methoxy groups -OCH3 is 1. The lowest BCUT2D eigenvalue weighted by Gasteiger charge is -2.09. The highest BCUT2D eigenvalue weighted by Crippen LogP contribution is 2.20. The van der Waals surface area contributed by atoms with Crippen LogP contribution in [-0.2, 0) is 21.9 Å². The summed E-state index contributed by atoms with van der Waals surface area (Å²) in [6, 6.07) is 7.84. The standard InChI is InChI=1S/C13H18O3S/c1-10(7-13(15)16-2)17-9-12-5-3-11(8-14)4-6-12/h3-6,10,14H,7-9H2,1-2H3. The minimum absolute atomic E-state index is 0.0756. The van der Waals surface area contributed by atoms with Gasteiger partial charge in [0.25, 0.3) is 0 Å². The highest BCUT2D eigenvalue weighted by atomic mass is 32.2. The van der Waals surface area contributed by atoms with Crippen LogP contribution in [0, 0.1) is 0 Å². The maximum Gasteiger partial charge on any atom is 0.306 e. The zero-order valence-electron chi connectivity index (χ0n) is 10.2. The van der Waals surface area contributed by atoms with Gasteiger partial charge >= 0.3 is 5.97 Å². The molecule has 17 heavy (non-hydrogen) atoms. The van der Waals surface area contributed by atoms with Gasteiger partial charge in [-0.05, 0) is 11.1 Å². The molecule has 1 N–H and O–H groups in total. The Bertz CT molecular complexity index is 348. The Balaban J connectivity index is 2.36. The first kappa shape index (κ1) is 14.1. The van der Waals surface area contributed by atoms with Crippen LogP contribution < -0.4 is 0 Å². The van der Waals surface area contributed by atoms with Gasteiger partial charge in [0.15, 0.2) is 0 Å². The number of ether oxygens (including phenoxy) is 1. The topological polar surface area (TPSA) is 46.5 Å². The summed E-state index contributed by atoms with van der Waals surface area (Å²) < 4.78 is 4.62. The predicted octanol–water partition coefficient (Wildman–Crippen LogP) is 2.36. The van der Waals surface area contributed by atoms with Gasteiger partial charge in [-0.2, -0.15) is 11.8 Å². The van der Waals surface area contributed by atoms with Crippen LogP contribution in [0.2, 0.25) is 0 Å². The van der Waals surface area contributed by atoms with Gasteiger partial charge in [0.05, 0.1) is 20.1 Å². The van der Waals surface area contributed by atoms with Crippen LogP contribution in [0.3, 0.4) is 0 Å². The molecule has 1 unspecified atom stereocenters. The second-order valence-electron chi connectivity index (χ2n) is 3.88. The number of thioether (sulfide) groups is 1. The van der Waals surface area contributed by atoms with E-state index in [2.05, 4.69) is 4.74 Å².